The van der Waals surface area contributed by atoms with Crippen molar-refractivity contribution in [3.63, 3.8) is 0 Å². The molecular weight excluding hydrogens is 197 g/mol. The highest BCUT2D eigenvalue weighted by Crippen LogP contribution is 2.26. The van der Waals surface area contributed by atoms with Gasteiger partial charge >= 0.3 is 0 Å². The predicted octanol–water partition coefficient (Wildman–Crippen LogP) is 0.436. The van der Waals surface area contributed by atoms with E-state index in [0.717, 1.165) is 6.42 Å². The normalized spacial score (nSPS) is 23.6. The number of benzene rings is 1. The molecule has 2 atom stereocenters. The Morgan fingerprint density at radius 1 is 1.53 bits per heavy atom. The van der Waals surface area contributed by atoms with Crippen LogP contribution in [0.5, 0.6) is 0 Å². The second kappa shape index (κ2) is 3.51. The Hall–Kier alpha value is -1.62. The molecular formula is C10H12FN3O. The summed E-state index contributed by atoms with van der Waals surface area (Å²) in [7, 11) is 0. The molecule has 80 valence electrons. The third kappa shape index (κ3) is 1.92. The molecule has 2 rings (SSSR count). The maximum atomic E-state index is 13.3. The molecule has 1 aliphatic rings. The van der Waals surface area contributed by atoms with E-state index in [2.05, 4.69) is 5.32 Å². The number of carbonyl (C=O) groups is 1. The molecule has 1 amide bonds. The molecule has 1 saturated carbocycles. The van der Waals surface area contributed by atoms with Gasteiger partial charge in [-0.3, -0.25) is 4.79 Å². The second-order valence-corrected chi connectivity index (χ2v) is 3.68. The van der Waals surface area contributed by atoms with E-state index in [1.807, 2.05) is 0 Å². The molecule has 1 aromatic rings. The summed E-state index contributed by atoms with van der Waals surface area (Å²) >= 11 is 0. The molecule has 1 aromatic carbocycles. The third-order valence-corrected chi connectivity index (χ3v) is 2.44. The average molecular weight is 209 g/mol. The third-order valence-electron chi connectivity index (χ3n) is 2.44. The summed E-state index contributed by atoms with van der Waals surface area (Å²) in [5.74, 6) is -1.38. The minimum atomic E-state index is -0.773. The van der Waals surface area contributed by atoms with E-state index >= 15 is 0 Å². The molecule has 2 unspecified atom stereocenters. The van der Waals surface area contributed by atoms with Crippen molar-refractivity contribution in [3.8, 4) is 0 Å². The minimum absolute atomic E-state index is 0.0778. The molecule has 0 radical (unpaired) electrons. The van der Waals surface area contributed by atoms with Crippen molar-refractivity contribution >= 4 is 11.6 Å². The van der Waals surface area contributed by atoms with Gasteiger partial charge in [-0.2, -0.15) is 0 Å². The van der Waals surface area contributed by atoms with Crippen molar-refractivity contribution in [2.45, 2.75) is 18.5 Å². The van der Waals surface area contributed by atoms with Crippen LogP contribution in [-0.2, 0) is 0 Å². The number of anilines is 1. The van der Waals surface area contributed by atoms with Crippen molar-refractivity contribution in [1.29, 1.82) is 0 Å². The van der Waals surface area contributed by atoms with E-state index in [0.29, 0.717) is 5.69 Å². The van der Waals surface area contributed by atoms with Crippen molar-refractivity contribution in [1.82, 2.24) is 0 Å². The van der Waals surface area contributed by atoms with Crippen LogP contribution in [0.3, 0.4) is 0 Å². The van der Waals surface area contributed by atoms with Crippen molar-refractivity contribution in [3.05, 3.63) is 29.6 Å². The zero-order chi connectivity index (χ0) is 11.0. The van der Waals surface area contributed by atoms with E-state index in [1.165, 1.54) is 12.1 Å². The predicted molar refractivity (Wildman–Crippen MR) is 54.9 cm³/mol. The maximum absolute atomic E-state index is 13.3. The smallest absolute Gasteiger partial charge is 0.253 e. The molecule has 4 nitrogen and oxygen atoms in total. The monoisotopic (exact) mass is 209 g/mol. The van der Waals surface area contributed by atoms with Gasteiger partial charge in [-0.1, -0.05) is 6.07 Å². The number of hydrogen-bond donors (Lipinski definition) is 3. The van der Waals surface area contributed by atoms with Crippen LogP contribution >= 0.6 is 0 Å². The van der Waals surface area contributed by atoms with E-state index in [9.17, 15) is 9.18 Å². The minimum Gasteiger partial charge on any atom is -0.380 e. The van der Waals surface area contributed by atoms with Crippen molar-refractivity contribution < 1.29 is 9.18 Å². The summed E-state index contributed by atoms with van der Waals surface area (Å²) in [4.78, 5) is 11.0. The van der Waals surface area contributed by atoms with Gasteiger partial charge in [-0.15, -0.1) is 0 Å². The fourth-order valence-corrected chi connectivity index (χ4v) is 1.48. The summed E-state index contributed by atoms with van der Waals surface area (Å²) in [6, 6.07) is 4.54. The second-order valence-electron chi connectivity index (χ2n) is 3.68. The Labute approximate surface area is 86.4 Å². The fraction of sp³-hybridized carbons (Fsp3) is 0.300. The molecule has 0 heterocycles. The van der Waals surface area contributed by atoms with Crippen LogP contribution < -0.4 is 16.8 Å². The Morgan fingerprint density at radius 2 is 2.20 bits per heavy atom. The van der Waals surface area contributed by atoms with Crippen LogP contribution in [0.4, 0.5) is 10.1 Å². The first kappa shape index (κ1) is 9.92. The zero-order valence-electron chi connectivity index (χ0n) is 8.03. The van der Waals surface area contributed by atoms with E-state index < -0.39 is 11.7 Å². The summed E-state index contributed by atoms with van der Waals surface area (Å²) in [6.07, 6.45) is 0.828. The molecule has 5 N–H and O–H groups in total. The van der Waals surface area contributed by atoms with Crippen LogP contribution in [0.15, 0.2) is 18.2 Å². The number of hydrogen-bond acceptors (Lipinski definition) is 3. The number of primary amides is 1. The number of rotatable bonds is 3. The highest BCUT2D eigenvalue weighted by Gasteiger charge is 2.34. The quantitative estimate of drug-likeness (QED) is 0.675. The average Bonchev–Trinajstić information content (AvgIpc) is 2.81. The van der Waals surface area contributed by atoms with Gasteiger partial charge in [0, 0.05) is 12.1 Å². The van der Waals surface area contributed by atoms with Crippen LogP contribution in [0.25, 0.3) is 0 Å². The van der Waals surface area contributed by atoms with Crippen molar-refractivity contribution in [2.24, 2.45) is 11.5 Å². The summed E-state index contributed by atoms with van der Waals surface area (Å²) in [5, 5.41) is 2.99. The first-order valence-corrected chi connectivity index (χ1v) is 4.70. The number of carbonyl (C=O) groups excluding carboxylic acids is 1. The van der Waals surface area contributed by atoms with Crippen LogP contribution in [0.2, 0.25) is 0 Å². The Bertz CT molecular complexity index is 408. The molecule has 0 spiro atoms. The SMILES string of the molecule is NC(=O)c1c(F)cccc1NC1CC1N. The molecule has 1 aliphatic carbocycles. The van der Waals surface area contributed by atoms with Gasteiger partial charge in [-0.25, -0.2) is 4.39 Å². The molecule has 5 heteroatoms. The zero-order valence-corrected chi connectivity index (χ0v) is 8.03. The number of halogens is 1. The largest absolute Gasteiger partial charge is 0.380 e. The van der Waals surface area contributed by atoms with Crippen LogP contribution in [0.1, 0.15) is 16.8 Å². The molecule has 0 aliphatic heterocycles. The van der Waals surface area contributed by atoms with Crippen LogP contribution in [-0.4, -0.2) is 18.0 Å². The van der Waals surface area contributed by atoms with Gasteiger partial charge in [0.25, 0.3) is 5.91 Å². The van der Waals surface area contributed by atoms with Crippen molar-refractivity contribution in [2.75, 3.05) is 5.32 Å². The molecule has 0 aromatic heterocycles. The standard InChI is InChI=1S/C10H12FN3O/c11-5-2-1-3-7(9(5)10(13)15)14-8-4-6(8)12/h1-3,6,8,14H,4,12H2,(H2,13,15). The Kier molecular flexibility index (Phi) is 2.32. The highest BCUT2D eigenvalue weighted by molar-refractivity contribution is 5.98. The topological polar surface area (TPSA) is 81.1 Å². The number of amides is 1. The van der Waals surface area contributed by atoms with E-state index in [-0.39, 0.29) is 17.6 Å². The lowest BCUT2D eigenvalue weighted by atomic mass is 10.1. The molecule has 0 bridgehead atoms. The van der Waals surface area contributed by atoms with Gasteiger partial charge in [-0.05, 0) is 18.6 Å². The van der Waals surface area contributed by atoms with Gasteiger partial charge < -0.3 is 16.8 Å². The van der Waals surface area contributed by atoms with Gasteiger partial charge in [0.1, 0.15) is 5.82 Å². The summed E-state index contributed by atoms with van der Waals surface area (Å²) < 4.78 is 13.3. The Morgan fingerprint density at radius 3 is 2.73 bits per heavy atom. The lowest BCUT2D eigenvalue weighted by Gasteiger charge is -2.09. The highest BCUT2D eigenvalue weighted by atomic mass is 19.1. The van der Waals surface area contributed by atoms with Gasteiger partial charge in [0.05, 0.1) is 11.3 Å². The lowest BCUT2D eigenvalue weighted by Crippen LogP contribution is -2.19. The molecule has 15 heavy (non-hydrogen) atoms. The number of nitrogens with one attached hydrogen (secondary N) is 1. The summed E-state index contributed by atoms with van der Waals surface area (Å²) in [6.45, 7) is 0. The molecule has 0 saturated heterocycles. The fourth-order valence-electron chi connectivity index (χ4n) is 1.48. The first-order valence-electron chi connectivity index (χ1n) is 4.70. The maximum Gasteiger partial charge on any atom is 0.253 e. The summed E-state index contributed by atoms with van der Waals surface area (Å²) in [5.41, 5.74) is 11.0. The lowest BCUT2D eigenvalue weighted by molar-refractivity contribution is 0.0997. The van der Waals surface area contributed by atoms with E-state index in [1.54, 1.807) is 6.07 Å². The van der Waals surface area contributed by atoms with Crippen LogP contribution in [0, 0.1) is 5.82 Å². The van der Waals surface area contributed by atoms with Gasteiger partial charge in [0.15, 0.2) is 0 Å². The Balaban J connectivity index is 2.29. The molecule has 1 fully saturated rings. The first-order chi connectivity index (χ1) is 7.09. The van der Waals surface area contributed by atoms with Gasteiger partial charge in [0.2, 0.25) is 0 Å². The number of nitrogens with two attached hydrogens (primary N) is 2. The van der Waals surface area contributed by atoms with E-state index in [4.69, 9.17) is 11.5 Å².